The Labute approximate surface area is 64.6 Å². The summed E-state index contributed by atoms with van der Waals surface area (Å²) >= 11 is 5.53. The average Bonchev–Trinajstić information content (AvgIpc) is 1.94. The van der Waals surface area contributed by atoms with Crippen LogP contribution in [0.15, 0.2) is 12.8 Å². The van der Waals surface area contributed by atoms with Gasteiger partial charge in [-0.25, -0.2) is 9.97 Å². The quantitative estimate of drug-likeness (QED) is 0.579. The number of rotatable bonds is 1. The monoisotopic (exact) mass is 154 g/mol. The van der Waals surface area contributed by atoms with Gasteiger partial charge in [-0.1, -0.05) is 6.58 Å². The van der Waals surface area contributed by atoms with Crippen LogP contribution < -0.4 is 0 Å². The molecule has 3 heteroatoms. The Bertz CT molecular complexity index is 258. The summed E-state index contributed by atoms with van der Waals surface area (Å²) < 4.78 is 0. The maximum Gasteiger partial charge on any atom is 0.222 e. The standard InChI is InChI=1S/C7H7ClN2/c1-3-6-5(2)4-9-7(8)10-6/h3-4H,1H2,2H3. The summed E-state index contributed by atoms with van der Waals surface area (Å²) in [7, 11) is 0. The largest absolute Gasteiger partial charge is 0.226 e. The third kappa shape index (κ3) is 1.33. The molecule has 0 fully saturated rings. The van der Waals surface area contributed by atoms with Crippen molar-refractivity contribution in [1.82, 2.24) is 9.97 Å². The second-order valence-electron chi connectivity index (χ2n) is 1.91. The molecule has 10 heavy (non-hydrogen) atoms. The Hall–Kier alpha value is -0.890. The van der Waals surface area contributed by atoms with Crippen molar-refractivity contribution < 1.29 is 0 Å². The van der Waals surface area contributed by atoms with E-state index in [0.717, 1.165) is 11.3 Å². The molecule has 0 aromatic carbocycles. The number of hydrogen-bond donors (Lipinski definition) is 0. The molecule has 2 nitrogen and oxygen atoms in total. The van der Waals surface area contributed by atoms with E-state index in [1.165, 1.54) is 0 Å². The smallest absolute Gasteiger partial charge is 0.222 e. The molecule has 0 saturated heterocycles. The lowest BCUT2D eigenvalue weighted by molar-refractivity contribution is 1.11. The summed E-state index contributed by atoms with van der Waals surface area (Å²) in [6.45, 7) is 5.49. The van der Waals surface area contributed by atoms with Crippen LogP contribution in [-0.2, 0) is 0 Å². The molecule has 0 spiro atoms. The summed E-state index contributed by atoms with van der Waals surface area (Å²) in [6, 6.07) is 0. The van der Waals surface area contributed by atoms with E-state index in [-0.39, 0.29) is 5.28 Å². The van der Waals surface area contributed by atoms with Gasteiger partial charge in [0.2, 0.25) is 5.28 Å². The lowest BCUT2D eigenvalue weighted by Gasteiger charge is -1.96. The van der Waals surface area contributed by atoms with Crippen molar-refractivity contribution in [1.29, 1.82) is 0 Å². The van der Waals surface area contributed by atoms with Gasteiger partial charge in [0.1, 0.15) is 0 Å². The minimum atomic E-state index is 0.264. The van der Waals surface area contributed by atoms with Crippen LogP contribution in [0.5, 0.6) is 0 Å². The first-order chi connectivity index (χ1) is 4.74. The molecule has 1 aromatic heterocycles. The summed E-state index contributed by atoms with van der Waals surface area (Å²) in [5.74, 6) is 0. The van der Waals surface area contributed by atoms with Crippen LogP contribution in [-0.4, -0.2) is 9.97 Å². The van der Waals surface area contributed by atoms with E-state index in [1.54, 1.807) is 12.3 Å². The minimum absolute atomic E-state index is 0.264. The minimum Gasteiger partial charge on any atom is -0.226 e. The Balaban J connectivity index is 3.21. The molecule has 1 rings (SSSR count). The van der Waals surface area contributed by atoms with Crippen LogP contribution >= 0.6 is 11.6 Å². The number of halogens is 1. The van der Waals surface area contributed by atoms with Gasteiger partial charge in [0, 0.05) is 6.20 Å². The Morgan fingerprint density at radius 2 is 2.40 bits per heavy atom. The van der Waals surface area contributed by atoms with Gasteiger partial charge >= 0.3 is 0 Å². The molecule has 0 atom stereocenters. The Morgan fingerprint density at radius 1 is 1.70 bits per heavy atom. The van der Waals surface area contributed by atoms with Crippen molar-refractivity contribution in [2.45, 2.75) is 6.92 Å². The van der Waals surface area contributed by atoms with Gasteiger partial charge < -0.3 is 0 Å². The SMILES string of the molecule is C=Cc1nc(Cl)ncc1C. The lowest BCUT2D eigenvalue weighted by atomic mass is 10.2. The van der Waals surface area contributed by atoms with Crippen LogP contribution in [0.2, 0.25) is 5.28 Å². The van der Waals surface area contributed by atoms with Gasteiger partial charge in [-0.3, -0.25) is 0 Å². The number of hydrogen-bond acceptors (Lipinski definition) is 2. The highest BCUT2D eigenvalue weighted by atomic mass is 35.5. The highest BCUT2D eigenvalue weighted by Crippen LogP contribution is 2.07. The predicted molar refractivity (Wildman–Crippen MR) is 41.9 cm³/mol. The van der Waals surface area contributed by atoms with E-state index in [0.29, 0.717) is 0 Å². The first kappa shape index (κ1) is 7.22. The molecule has 0 aliphatic carbocycles. The molecule has 0 N–H and O–H groups in total. The molecule has 52 valence electrons. The zero-order valence-electron chi connectivity index (χ0n) is 5.63. The predicted octanol–water partition coefficient (Wildman–Crippen LogP) is 2.08. The van der Waals surface area contributed by atoms with Gasteiger partial charge in [0.05, 0.1) is 5.69 Å². The maximum atomic E-state index is 5.53. The van der Waals surface area contributed by atoms with Crippen LogP contribution in [0.4, 0.5) is 0 Å². The molecule has 0 unspecified atom stereocenters. The van der Waals surface area contributed by atoms with Crippen LogP contribution in [0.25, 0.3) is 6.08 Å². The molecule has 0 saturated carbocycles. The van der Waals surface area contributed by atoms with Crippen molar-refractivity contribution in [3.63, 3.8) is 0 Å². The summed E-state index contributed by atoms with van der Waals surface area (Å²) in [5, 5.41) is 0.264. The van der Waals surface area contributed by atoms with Gasteiger partial charge in [-0.15, -0.1) is 0 Å². The van der Waals surface area contributed by atoms with Crippen LogP contribution in [0.1, 0.15) is 11.3 Å². The van der Waals surface area contributed by atoms with Crippen LogP contribution in [0, 0.1) is 6.92 Å². The van der Waals surface area contributed by atoms with Crippen LogP contribution in [0.3, 0.4) is 0 Å². The third-order valence-electron chi connectivity index (χ3n) is 1.17. The van der Waals surface area contributed by atoms with Crippen molar-refractivity contribution in [3.8, 4) is 0 Å². The van der Waals surface area contributed by atoms with Gasteiger partial charge in [0.15, 0.2) is 0 Å². The highest BCUT2D eigenvalue weighted by Gasteiger charge is 1.95. The zero-order valence-corrected chi connectivity index (χ0v) is 6.39. The second kappa shape index (κ2) is 2.80. The number of aryl methyl sites for hydroxylation is 1. The van der Waals surface area contributed by atoms with Gasteiger partial charge in [-0.2, -0.15) is 0 Å². The van der Waals surface area contributed by atoms with Crippen molar-refractivity contribution in [3.05, 3.63) is 29.3 Å². The maximum absolute atomic E-state index is 5.53. The first-order valence-corrected chi connectivity index (χ1v) is 3.23. The lowest BCUT2D eigenvalue weighted by Crippen LogP contribution is -1.89. The average molecular weight is 155 g/mol. The number of aromatic nitrogens is 2. The summed E-state index contributed by atoms with van der Waals surface area (Å²) in [6.07, 6.45) is 3.33. The van der Waals surface area contributed by atoms with E-state index in [9.17, 15) is 0 Å². The van der Waals surface area contributed by atoms with E-state index in [4.69, 9.17) is 11.6 Å². The van der Waals surface area contributed by atoms with Gasteiger partial charge in [-0.05, 0) is 30.2 Å². The summed E-state index contributed by atoms with van der Waals surface area (Å²) in [4.78, 5) is 7.72. The molecule has 1 aromatic rings. The highest BCUT2D eigenvalue weighted by molar-refractivity contribution is 6.28. The number of nitrogens with zero attached hydrogens (tertiary/aromatic N) is 2. The molecular weight excluding hydrogens is 148 g/mol. The molecule has 0 radical (unpaired) electrons. The molecule has 0 aliphatic heterocycles. The van der Waals surface area contributed by atoms with Crippen molar-refractivity contribution >= 4 is 17.7 Å². The third-order valence-corrected chi connectivity index (χ3v) is 1.36. The molecule has 0 aliphatic rings. The topological polar surface area (TPSA) is 25.8 Å². The molecular formula is C7H7ClN2. The van der Waals surface area contributed by atoms with Gasteiger partial charge in [0.25, 0.3) is 0 Å². The Morgan fingerprint density at radius 3 is 2.90 bits per heavy atom. The summed E-state index contributed by atoms with van der Waals surface area (Å²) in [5.41, 5.74) is 1.78. The molecule has 0 amide bonds. The van der Waals surface area contributed by atoms with E-state index in [2.05, 4.69) is 16.5 Å². The second-order valence-corrected chi connectivity index (χ2v) is 2.25. The van der Waals surface area contributed by atoms with Crippen molar-refractivity contribution in [2.24, 2.45) is 0 Å². The van der Waals surface area contributed by atoms with E-state index >= 15 is 0 Å². The zero-order chi connectivity index (χ0) is 7.56. The molecule has 0 bridgehead atoms. The van der Waals surface area contributed by atoms with E-state index in [1.807, 2.05) is 6.92 Å². The van der Waals surface area contributed by atoms with E-state index < -0.39 is 0 Å². The normalized spacial score (nSPS) is 9.40. The fourth-order valence-electron chi connectivity index (χ4n) is 0.639. The molecule has 1 heterocycles. The Kier molecular flexibility index (Phi) is 2.02. The fraction of sp³-hybridized carbons (Fsp3) is 0.143. The fourth-order valence-corrected chi connectivity index (χ4v) is 0.779. The first-order valence-electron chi connectivity index (χ1n) is 2.85. The van der Waals surface area contributed by atoms with Crippen molar-refractivity contribution in [2.75, 3.05) is 0 Å².